The van der Waals surface area contributed by atoms with Gasteiger partial charge in [-0.05, 0) is 59.9 Å². The quantitative estimate of drug-likeness (QED) is 0.406. The summed E-state index contributed by atoms with van der Waals surface area (Å²) in [4.78, 5) is 32.0. The van der Waals surface area contributed by atoms with Crippen molar-refractivity contribution in [3.63, 3.8) is 0 Å². The molecule has 0 aliphatic heterocycles. The van der Waals surface area contributed by atoms with Crippen LogP contribution in [0.15, 0.2) is 71.7 Å². The highest BCUT2D eigenvalue weighted by Gasteiger charge is 2.25. The Balaban J connectivity index is 1.33. The fourth-order valence-corrected chi connectivity index (χ4v) is 4.00. The van der Waals surface area contributed by atoms with Crippen molar-refractivity contribution >= 4 is 16.9 Å². The molecular formula is C27H25N3O3. The number of nitrogens with one attached hydrogen (secondary N) is 2. The highest BCUT2D eigenvalue weighted by atomic mass is 16.3. The standard InChI is InChI=1S/C27H25N3O3/c31-25-23(26(32)29-15-20-10-11-20)27(33)30-22-14-21(16-28-24(22)25)13-19-8-6-18(7-9-19)12-17-4-2-1-3-5-17/h1-9,14,16,20H,10-13,15H2,(H,29,32)(H2,30,31,33). The van der Waals surface area contributed by atoms with Crippen molar-refractivity contribution < 1.29 is 9.90 Å². The van der Waals surface area contributed by atoms with Crippen LogP contribution in [0.5, 0.6) is 5.75 Å². The average molecular weight is 440 g/mol. The number of aromatic nitrogens is 2. The lowest BCUT2D eigenvalue weighted by Crippen LogP contribution is -2.31. The third-order valence-corrected chi connectivity index (χ3v) is 6.04. The topological polar surface area (TPSA) is 95.1 Å². The summed E-state index contributed by atoms with van der Waals surface area (Å²) in [5.41, 5.74) is 4.27. The second-order valence-corrected chi connectivity index (χ2v) is 8.73. The lowest BCUT2D eigenvalue weighted by Gasteiger charge is -2.09. The predicted octanol–water partition coefficient (Wildman–Crippen LogP) is 3.95. The molecule has 2 aromatic carbocycles. The van der Waals surface area contributed by atoms with Crippen LogP contribution in [0.1, 0.15) is 45.5 Å². The van der Waals surface area contributed by atoms with Crippen molar-refractivity contribution in [2.24, 2.45) is 5.92 Å². The van der Waals surface area contributed by atoms with Crippen molar-refractivity contribution in [2.45, 2.75) is 25.7 Å². The van der Waals surface area contributed by atoms with Crippen molar-refractivity contribution in [1.29, 1.82) is 0 Å². The maximum Gasteiger partial charge on any atom is 0.265 e. The molecule has 1 saturated carbocycles. The molecule has 33 heavy (non-hydrogen) atoms. The minimum absolute atomic E-state index is 0.216. The van der Waals surface area contributed by atoms with Crippen molar-refractivity contribution in [3.05, 3.63) is 105 Å². The first-order chi connectivity index (χ1) is 16.1. The molecule has 3 N–H and O–H groups in total. The number of hydrogen-bond donors (Lipinski definition) is 3. The molecule has 6 nitrogen and oxygen atoms in total. The predicted molar refractivity (Wildman–Crippen MR) is 128 cm³/mol. The van der Waals surface area contributed by atoms with Crippen molar-refractivity contribution in [3.8, 4) is 5.75 Å². The van der Waals surface area contributed by atoms with Crippen LogP contribution < -0.4 is 10.9 Å². The lowest BCUT2D eigenvalue weighted by molar-refractivity contribution is 0.0948. The Morgan fingerprint density at radius 2 is 1.61 bits per heavy atom. The van der Waals surface area contributed by atoms with Gasteiger partial charge in [0.15, 0.2) is 5.75 Å². The molecule has 1 aliphatic carbocycles. The molecule has 1 aliphatic rings. The first kappa shape index (κ1) is 20.9. The van der Waals surface area contributed by atoms with Crippen molar-refractivity contribution in [1.82, 2.24) is 15.3 Å². The highest BCUT2D eigenvalue weighted by molar-refractivity contribution is 6.01. The Morgan fingerprint density at radius 3 is 2.27 bits per heavy atom. The van der Waals surface area contributed by atoms with E-state index in [1.165, 1.54) is 11.1 Å². The minimum Gasteiger partial charge on any atom is -0.505 e. The van der Waals surface area contributed by atoms with Gasteiger partial charge in [0.2, 0.25) is 0 Å². The lowest BCUT2D eigenvalue weighted by atomic mass is 10.0. The summed E-state index contributed by atoms with van der Waals surface area (Å²) < 4.78 is 0. The van der Waals surface area contributed by atoms with E-state index in [1.54, 1.807) is 12.3 Å². The number of nitrogens with zero attached hydrogens (tertiary/aromatic N) is 1. The number of benzene rings is 2. The molecule has 6 heteroatoms. The fourth-order valence-electron chi connectivity index (χ4n) is 4.00. The van der Waals surface area contributed by atoms with E-state index in [0.717, 1.165) is 30.4 Å². The Hall–Kier alpha value is -3.93. The minimum atomic E-state index is -0.613. The molecule has 0 saturated heterocycles. The van der Waals surface area contributed by atoms with E-state index in [-0.39, 0.29) is 16.8 Å². The molecule has 0 atom stereocenters. The zero-order chi connectivity index (χ0) is 22.8. The van der Waals surface area contributed by atoms with Crippen LogP contribution in [-0.4, -0.2) is 27.5 Å². The van der Waals surface area contributed by atoms with E-state index in [1.807, 2.05) is 18.2 Å². The van der Waals surface area contributed by atoms with Crippen LogP contribution in [-0.2, 0) is 12.8 Å². The number of carbonyl (C=O) groups is 1. The maximum absolute atomic E-state index is 12.5. The third-order valence-electron chi connectivity index (χ3n) is 6.04. The van der Waals surface area contributed by atoms with Crippen LogP contribution >= 0.6 is 0 Å². The molecule has 2 heterocycles. The largest absolute Gasteiger partial charge is 0.505 e. The van der Waals surface area contributed by atoms with Crippen LogP contribution in [0, 0.1) is 5.92 Å². The van der Waals surface area contributed by atoms with Gasteiger partial charge in [-0.3, -0.25) is 14.6 Å². The van der Waals surface area contributed by atoms with Gasteiger partial charge in [-0.25, -0.2) is 0 Å². The molecule has 166 valence electrons. The number of aromatic hydroxyl groups is 1. The fraction of sp³-hybridized carbons (Fsp3) is 0.222. The summed E-state index contributed by atoms with van der Waals surface area (Å²) in [5, 5.41) is 13.3. The number of carbonyl (C=O) groups excluding carboxylic acids is 1. The third kappa shape index (κ3) is 4.80. The van der Waals surface area contributed by atoms with Gasteiger partial charge in [-0.1, -0.05) is 54.6 Å². The van der Waals surface area contributed by atoms with Crippen molar-refractivity contribution in [2.75, 3.05) is 6.54 Å². The molecule has 0 unspecified atom stereocenters. The number of pyridine rings is 2. The number of hydrogen-bond acceptors (Lipinski definition) is 4. The monoisotopic (exact) mass is 439 g/mol. The summed E-state index contributed by atoms with van der Waals surface area (Å²) >= 11 is 0. The Labute approximate surface area is 191 Å². The van der Waals surface area contributed by atoms with E-state index >= 15 is 0 Å². The second-order valence-electron chi connectivity index (χ2n) is 8.73. The van der Waals surface area contributed by atoms with Crippen LogP contribution in [0.4, 0.5) is 0 Å². The maximum atomic E-state index is 12.5. The summed E-state index contributed by atoms with van der Waals surface area (Å²) in [6.45, 7) is 0.520. The van der Waals surface area contributed by atoms with Gasteiger partial charge < -0.3 is 15.4 Å². The van der Waals surface area contributed by atoms with E-state index < -0.39 is 11.5 Å². The van der Waals surface area contributed by atoms with Crippen LogP contribution in [0.2, 0.25) is 0 Å². The zero-order valence-electron chi connectivity index (χ0n) is 18.2. The molecular weight excluding hydrogens is 414 g/mol. The molecule has 0 bridgehead atoms. The Kier molecular flexibility index (Phi) is 5.65. The van der Waals surface area contributed by atoms with E-state index in [9.17, 15) is 14.7 Å². The van der Waals surface area contributed by atoms with Gasteiger partial charge in [0.1, 0.15) is 11.1 Å². The number of H-pyrrole nitrogens is 1. The normalized spacial score (nSPS) is 13.2. The van der Waals surface area contributed by atoms with Gasteiger partial charge in [0, 0.05) is 12.7 Å². The Morgan fingerprint density at radius 1 is 0.970 bits per heavy atom. The van der Waals surface area contributed by atoms with Gasteiger partial charge in [-0.15, -0.1) is 0 Å². The van der Waals surface area contributed by atoms with E-state index in [0.29, 0.717) is 24.4 Å². The summed E-state index contributed by atoms with van der Waals surface area (Å²) in [7, 11) is 0. The van der Waals surface area contributed by atoms with Gasteiger partial charge >= 0.3 is 0 Å². The summed E-state index contributed by atoms with van der Waals surface area (Å²) in [6, 6.07) is 20.6. The number of rotatable bonds is 7. The van der Waals surface area contributed by atoms with Gasteiger partial charge in [-0.2, -0.15) is 0 Å². The number of amides is 1. The van der Waals surface area contributed by atoms with Crippen LogP contribution in [0.3, 0.4) is 0 Å². The molecule has 2 aromatic heterocycles. The summed E-state index contributed by atoms with van der Waals surface area (Å²) in [5.74, 6) is -0.466. The molecule has 0 spiro atoms. The first-order valence-corrected chi connectivity index (χ1v) is 11.2. The second kappa shape index (κ2) is 8.90. The van der Waals surface area contributed by atoms with Gasteiger partial charge in [0.05, 0.1) is 5.52 Å². The molecule has 4 aromatic rings. The first-order valence-electron chi connectivity index (χ1n) is 11.2. The molecule has 5 rings (SSSR count). The number of fused-ring (bicyclic) bond motifs is 1. The molecule has 1 amide bonds. The average Bonchev–Trinajstić information content (AvgIpc) is 3.64. The molecule has 1 fully saturated rings. The smallest absolute Gasteiger partial charge is 0.265 e. The van der Waals surface area contributed by atoms with E-state index in [2.05, 4.69) is 51.7 Å². The zero-order valence-corrected chi connectivity index (χ0v) is 18.2. The van der Waals surface area contributed by atoms with Gasteiger partial charge in [0.25, 0.3) is 11.5 Å². The number of aromatic amines is 1. The highest BCUT2D eigenvalue weighted by Crippen LogP contribution is 2.28. The Bertz CT molecular complexity index is 1360. The molecule has 0 radical (unpaired) electrons. The van der Waals surface area contributed by atoms with E-state index in [4.69, 9.17) is 0 Å². The SMILES string of the molecule is O=C(NCC1CC1)c1c(O)c2ncc(Cc3ccc(Cc4ccccc4)cc3)cc2[nH]c1=O. The summed E-state index contributed by atoms with van der Waals surface area (Å²) in [6.07, 6.45) is 5.36. The van der Waals surface area contributed by atoms with Crippen LogP contribution in [0.25, 0.3) is 11.0 Å².